The van der Waals surface area contributed by atoms with E-state index in [1.165, 1.54) is 16.7 Å². The summed E-state index contributed by atoms with van der Waals surface area (Å²) in [5, 5.41) is 9.96. The smallest absolute Gasteiger partial charge is 0.0814 e. The van der Waals surface area contributed by atoms with Gasteiger partial charge >= 0.3 is 0 Å². The van der Waals surface area contributed by atoms with Gasteiger partial charge in [-0.1, -0.05) is 23.8 Å². The fourth-order valence-corrected chi connectivity index (χ4v) is 1.68. The summed E-state index contributed by atoms with van der Waals surface area (Å²) in [7, 11) is 0. The van der Waals surface area contributed by atoms with Gasteiger partial charge in [0.2, 0.25) is 0 Å². The average molecular weight is 236 g/mol. The second-order valence-corrected chi connectivity index (χ2v) is 5.71. The fraction of sp³-hybridized carbons (Fsp3) is 0.600. The van der Waals surface area contributed by atoms with Gasteiger partial charge < -0.3 is 9.84 Å². The Morgan fingerprint density at radius 2 is 1.88 bits per heavy atom. The van der Waals surface area contributed by atoms with Gasteiger partial charge in [0.25, 0.3) is 0 Å². The first-order chi connectivity index (χ1) is 7.78. The van der Waals surface area contributed by atoms with E-state index in [9.17, 15) is 5.11 Å². The number of ether oxygens (including phenoxy) is 1. The van der Waals surface area contributed by atoms with Crippen molar-refractivity contribution in [1.82, 2.24) is 0 Å². The molecule has 0 aliphatic rings. The molecule has 1 aromatic rings. The minimum atomic E-state index is -0.435. The molecule has 96 valence electrons. The predicted molar refractivity (Wildman–Crippen MR) is 71.3 cm³/mol. The van der Waals surface area contributed by atoms with E-state index in [4.69, 9.17) is 4.74 Å². The van der Waals surface area contributed by atoms with Crippen molar-refractivity contribution < 1.29 is 9.84 Å². The maximum atomic E-state index is 9.96. The maximum Gasteiger partial charge on any atom is 0.0814 e. The molecule has 0 aromatic heterocycles. The van der Waals surface area contributed by atoms with Crippen LogP contribution in [-0.2, 0) is 11.2 Å². The van der Waals surface area contributed by atoms with Crippen molar-refractivity contribution in [2.45, 2.75) is 52.7 Å². The van der Waals surface area contributed by atoms with Crippen molar-refractivity contribution in [3.63, 3.8) is 0 Å². The third-order valence-corrected chi connectivity index (χ3v) is 2.67. The second kappa shape index (κ2) is 5.65. The Labute approximate surface area is 105 Å². The van der Waals surface area contributed by atoms with Crippen molar-refractivity contribution in [1.29, 1.82) is 0 Å². The molecule has 0 heterocycles. The molecule has 1 unspecified atom stereocenters. The quantitative estimate of drug-likeness (QED) is 0.870. The van der Waals surface area contributed by atoms with Gasteiger partial charge in [-0.15, -0.1) is 0 Å². The lowest BCUT2D eigenvalue weighted by Crippen LogP contribution is -2.27. The summed E-state index contributed by atoms with van der Waals surface area (Å²) in [5.41, 5.74) is 3.47. The summed E-state index contributed by atoms with van der Waals surface area (Å²) in [6.45, 7) is 10.5. The van der Waals surface area contributed by atoms with Gasteiger partial charge in [-0.3, -0.25) is 0 Å². The highest BCUT2D eigenvalue weighted by atomic mass is 16.5. The van der Waals surface area contributed by atoms with Crippen LogP contribution in [-0.4, -0.2) is 23.4 Å². The van der Waals surface area contributed by atoms with E-state index in [0.29, 0.717) is 13.0 Å². The van der Waals surface area contributed by atoms with Gasteiger partial charge in [0.1, 0.15) is 0 Å². The molecule has 1 rings (SSSR count). The fourth-order valence-electron chi connectivity index (χ4n) is 1.68. The molecule has 0 amide bonds. The number of aliphatic hydroxyl groups excluding tert-OH is 1. The minimum absolute atomic E-state index is 0.192. The van der Waals surface area contributed by atoms with E-state index in [-0.39, 0.29) is 5.60 Å². The molecule has 0 saturated carbocycles. The number of aliphatic hydroxyl groups is 1. The first-order valence-electron chi connectivity index (χ1n) is 6.16. The van der Waals surface area contributed by atoms with Crippen LogP contribution >= 0.6 is 0 Å². The predicted octanol–water partition coefficient (Wildman–Crippen LogP) is 3.02. The van der Waals surface area contributed by atoms with Crippen LogP contribution in [0.5, 0.6) is 0 Å². The molecule has 17 heavy (non-hydrogen) atoms. The van der Waals surface area contributed by atoms with Crippen LogP contribution in [0.15, 0.2) is 18.2 Å². The zero-order valence-corrected chi connectivity index (χ0v) is 11.6. The number of hydrogen-bond acceptors (Lipinski definition) is 2. The molecule has 1 aromatic carbocycles. The van der Waals surface area contributed by atoms with Gasteiger partial charge in [-0.05, 0) is 45.7 Å². The molecule has 0 bridgehead atoms. The third kappa shape index (κ3) is 5.33. The van der Waals surface area contributed by atoms with Gasteiger partial charge in [-0.2, -0.15) is 0 Å². The van der Waals surface area contributed by atoms with Crippen molar-refractivity contribution in [2.24, 2.45) is 0 Å². The van der Waals surface area contributed by atoms with E-state index < -0.39 is 6.10 Å². The van der Waals surface area contributed by atoms with E-state index in [2.05, 4.69) is 32.0 Å². The Hall–Kier alpha value is -0.860. The summed E-state index contributed by atoms with van der Waals surface area (Å²) in [4.78, 5) is 0. The van der Waals surface area contributed by atoms with Crippen LogP contribution in [0.4, 0.5) is 0 Å². The summed E-state index contributed by atoms with van der Waals surface area (Å²) in [5.74, 6) is 0. The van der Waals surface area contributed by atoms with Crippen LogP contribution in [0, 0.1) is 13.8 Å². The van der Waals surface area contributed by atoms with Crippen molar-refractivity contribution in [3.8, 4) is 0 Å². The van der Waals surface area contributed by atoms with Crippen LogP contribution in [0.2, 0.25) is 0 Å². The molecule has 1 N–H and O–H groups in total. The maximum absolute atomic E-state index is 9.96. The molecule has 0 spiro atoms. The van der Waals surface area contributed by atoms with Crippen molar-refractivity contribution in [3.05, 3.63) is 34.9 Å². The summed E-state index contributed by atoms with van der Waals surface area (Å²) >= 11 is 0. The van der Waals surface area contributed by atoms with Gasteiger partial charge in [-0.25, -0.2) is 0 Å². The van der Waals surface area contributed by atoms with E-state index in [1.807, 2.05) is 20.8 Å². The number of benzene rings is 1. The minimum Gasteiger partial charge on any atom is -0.390 e. The van der Waals surface area contributed by atoms with E-state index in [0.717, 1.165) is 0 Å². The Morgan fingerprint density at radius 1 is 1.24 bits per heavy atom. The molecule has 0 aliphatic heterocycles. The van der Waals surface area contributed by atoms with Crippen molar-refractivity contribution >= 4 is 0 Å². The summed E-state index contributed by atoms with van der Waals surface area (Å²) in [6, 6.07) is 6.33. The van der Waals surface area contributed by atoms with Crippen LogP contribution < -0.4 is 0 Å². The Morgan fingerprint density at radius 3 is 2.47 bits per heavy atom. The van der Waals surface area contributed by atoms with Crippen LogP contribution in [0.1, 0.15) is 37.5 Å². The van der Waals surface area contributed by atoms with Gasteiger partial charge in [0.15, 0.2) is 0 Å². The lowest BCUT2D eigenvalue weighted by atomic mass is 10.0. The normalized spacial score (nSPS) is 13.8. The van der Waals surface area contributed by atoms with E-state index in [1.54, 1.807) is 0 Å². The highest BCUT2D eigenvalue weighted by Crippen LogP contribution is 2.14. The first kappa shape index (κ1) is 14.2. The average Bonchev–Trinajstić information content (AvgIpc) is 2.20. The summed E-state index contributed by atoms with van der Waals surface area (Å²) < 4.78 is 5.58. The molecule has 2 heteroatoms. The number of hydrogen-bond donors (Lipinski definition) is 1. The van der Waals surface area contributed by atoms with Crippen LogP contribution in [0.25, 0.3) is 0 Å². The lowest BCUT2D eigenvalue weighted by Gasteiger charge is -2.22. The first-order valence-corrected chi connectivity index (χ1v) is 6.16. The van der Waals surface area contributed by atoms with Gasteiger partial charge in [0, 0.05) is 6.42 Å². The molecular formula is C15H24O2. The molecule has 0 saturated heterocycles. The molecule has 2 nitrogen and oxygen atoms in total. The monoisotopic (exact) mass is 236 g/mol. The number of rotatable bonds is 4. The van der Waals surface area contributed by atoms with Crippen molar-refractivity contribution in [2.75, 3.05) is 6.61 Å². The molecule has 0 fully saturated rings. The zero-order valence-electron chi connectivity index (χ0n) is 11.6. The topological polar surface area (TPSA) is 29.5 Å². The van der Waals surface area contributed by atoms with E-state index >= 15 is 0 Å². The Balaban J connectivity index is 2.56. The zero-order chi connectivity index (χ0) is 13.1. The molecular weight excluding hydrogens is 212 g/mol. The largest absolute Gasteiger partial charge is 0.390 e. The highest BCUT2D eigenvalue weighted by Gasteiger charge is 2.14. The number of aryl methyl sites for hydroxylation is 2. The third-order valence-electron chi connectivity index (χ3n) is 2.67. The molecule has 1 atom stereocenters. The molecule has 0 radical (unpaired) electrons. The molecule has 0 aliphatic carbocycles. The highest BCUT2D eigenvalue weighted by molar-refractivity contribution is 5.30. The van der Waals surface area contributed by atoms with Gasteiger partial charge in [0.05, 0.1) is 18.3 Å². The van der Waals surface area contributed by atoms with Crippen LogP contribution in [0.3, 0.4) is 0 Å². The standard InChI is InChI=1S/C15H24O2/c1-11-6-7-12(2)13(8-11)9-14(16)10-17-15(3,4)5/h6-8,14,16H,9-10H2,1-5H3. The summed E-state index contributed by atoms with van der Waals surface area (Å²) in [6.07, 6.45) is 0.221. The SMILES string of the molecule is Cc1ccc(C)c(CC(O)COC(C)(C)C)c1. The second-order valence-electron chi connectivity index (χ2n) is 5.71. The Bertz CT molecular complexity index is 364. The lowest BCUT2D eigenvalue weighted by molar-refractivity contribution is -0.0482. The Kier molecular flexibility index (Phi) is 4.72.